The second-order valence-electron chi connectivity index (χ2n) is 3.85. The van der Waals surface area contributed by atoms with E-state index >= 15 is 0 Å². The van der Waals surface area contributed by atoms with Gasteiger partial charge in [-0.05, 0) is 12.1 Å². The molecule has 2 aromatic heterocycles. The van der Waals surface area contributed by atoms with Crippen molar-refractivity contribution in [3.63, 3.8) is 0 Å². The molecular weight excluding hydrogens is 234 g/mol. The van der Waals surface area contributed by atoms with Gasteiger partial charge >= 0.3 is 0 Å². The molecule has 0 fully saturated rings. The zero-order valence-corrected chi connectivity index (χ0v) is 10.1. The lowest BCUT2D eigenvalue weighted by Crippen LogP contribution is -2.23. The number of rotatable bonds is 4. The minimum atomic E-state index is -0.175. The molecule has 0 saturated carbocycles. The zero-order chi connectivity index (χ0) is 13.0. The highest BCUT2D eigenvalue weighted by atomic mass is 16.5. The highest BCUT2D eigenvalue weighted by Gasteiger charge is 2.09. The fourth-order valence-corrected chi connectivity index (χ4v) is 1.28. The average molecular weight is 247 g/mol. The molecule has 0 atom stereocenters. The van der Waals surface area contributed by atoms with Crippen molar-refractivity contribution in [1.29, 1.82) is 0 Å². The van der Waals surface area contributed by atoms with Crippen LogP contribution in [-0.4, -0.2) is 40.3 Å². The maximum atomic E-state index is 11.6. The number of amides is 1. The van der Waals surface area contributed by atoms with Crippen molar-refractivity contribution in [2.75, 3.05) is 19.4 Å². The minimum Gasteiger partial charge on any atom is -0.364 e. The predicted octanol–water partition coefficient (Wildman–Crippen LogP) is 0.778. The molecule has 1 N–H and O–H groups in total. The van der Waals surface area contributed by atoms with E-state index in [4.69, 9.17) is 4.52 Å². The van der Waals surface area contributed by atoms with Crippen LogP contribution >= 0.6 is 0 Å². The first kappa shape index (κ1) is 12.0. The van der Waals surface area contributed by atoms with Crippen LogP contribution in [0.15, 0.2) is 29.0 Å². The smallest absolute Gasteiger partial charge is 0.273 e. The topological polar surface area (TPSA) is 84.2 Å². The summed E-state index contributed by atoms with van der Waals surface area (Å²) in [6.45, 7) is 0.492. The third-order valence-electron chi connectivity index (χ3n) is 2.23. The number of aromatic nitrogens is 3. The van der Waals surface area contributed by atoms with Crippen molar-refractivity contribution >= 4 is 11.7 Å². The Kier molecular flexibility index (Phi) is 3.52. The molecule has 2 aromatic rings. The molecule has 0 aliphatic carbocycles. The van der Waals surface area contributed by atoms with Gasteiger partial charge in [0.25, 0.3) is 5.91 Å². The number of carbonyl (C=O) groups excluding carboxylic acids is 1. The number of nitrogens with zero attached hydrogens (tertiary/aromatic N) is 4. The second-order valence-corrected chi connectivity index (χ2v) is 3.85. The molecule has 0 aliphatic rings. The Morgan fingerprint density at radius 1 is 1.33 bits per heavy atom. The normalized spacial score (nSPS) is 10.1. The van der Waals surface area contributed by atoms with Crippen molar-refractivity contribution in [1.82, 2.24) is 20.3 Å². The molecule has 1 amide bonds. The standard InChI is InChI=1S/C11H13N5O2/c1-16(2)11(17)9-3-4-10(14-13-9)12-7-8-5-6-18-15-8/h3-6H,7H2,1-2H3,(H,12,14). The highest BCUT2D eigenvalue weighted by molar-refractivity contribution is 5.91. The van der Waals surface area contributed by atoms with E-state index in [0.29, 0.717) is 18.1 Å². The first-order valence-corrected chi connectivity index (χ1v) is 5.35. The molecular formula is C11H13N5O2. The summed E-state index contributed by atoms with van der Waals surface area (Å²) >= 11 is 0. The molecule has 18 heavy (non-hydrogen) atoms. The van der Waals surface area contributed by atoms with Gasteiger partial charge in [-0.2, -0.15) is 0 Å². The Morgan fingerprint density at radius 3 is 2.72 bits per heavy atom. The summed E-state index contributed by atoms with van der Waals surface area (Å²) in [7, 11) is 3.33. The van der Waals surface area contributed by atoms with E-state index in [1.54, 1.807) is 32.3 Å². The Balaban J connectivity index is 1.97. The molecule has 0 saturated heterocycles. The van der Waals surface area contributed by atoms with Crippen LogP contribution in [0.2, 0.25) is 0 Å². The van der Waals surface area contributed by atoms with Gasteiger partial charge in [-0.15, -0.1) is 10.2 Å². The van der Waals surface area contributed by atoms with E-state index in [1.807, 2.05) is 0 Å². The van der Waals surface area contributed by atoms with Crippen LogP contribution < -0.4 is 5.32 Å². The summed E-state index contributed by atoms with van der Waals surface area (Å²) in [4.78, 5) is 13.0. The van der Waals surface area contributed by atoms with E-state index in [-0.39, 0.29) is 5.91 Å². The maximum absolute atomic E-state index is 11.6. The van der Waals surface area contributed by atoms with E-state index in [1.165, 1.54) is 11.2 Å². The van der Waals surface area contributed by atoms with Crippen LogP contribution in [0.5, 0.6) is 0 Å². The van der Waals surface area contributed by atoms with Crippen molar-refractivity contribution in [3.05, 3.63) is 35.9 Å². The molecule has 94 valence electrons. The van der Waals surface area contributed by atoms with Gasteiger partial charge in [0.05, 0.1) is 6.54 Å². The Morgan fingerprint density at radius 2 is 2.17 bits per heavy atom. The summed E-state index contributed by atoms with van der Waals surface area (Å²) in [5.74, 6) is 0.402. The maximum Gasteiger partial charge on any atom is 0.273 e. The molecule has 0 unspecified atom stereocenters. The molecule has 0 aromatic carbocycles. The van der Waals surface area contributed by atoms with Crippen LogP contribution in [0.4, 0.5) is 5.82 Å². The Labute approximate surface area is 104 Å². The second kappa shape index (κ2) is 5.26. The molecule has 7 heteroatoms. The lowest BCUT2D eigenvalue weighted by molar-refractivity contribution is 0.0821. The van der Waals surface area contributed by atoms with Crippen molar-refractivity contribution in [3.8, 4) is 0 Å². The van der Waals surface area contributed by atoms with Gasteiger partial charge in [0.15, 0.2) is 5.69 Å². The van der Waals surface area contributed by atoms with Gasteiger partial charge in [-0.25, -0.2) is 0 Å². The van der Waals surface area contributed by atoms with Gasteiger partial charge in [0.1, 0.15) is 17.8 Å². The largest absolute Gasteiger partial charge is 0.364 e. The average Bonchev–Trinajstić information content (AvgIpc) is 2.89. The van der Waals surface area contributed by atoms with Crippen molar-refractivity contribution in [2.45, 2.75) is 6.54 Å². The summed E-state index contributed by atoms with van der Waals surface area (Å²) in [6, 6.07) is 5.08. The van der Waals surface area contributed by atoms with E-state index < -0.39 is 0 Å². The number of nitrogens with one attached hydrogen (secondary N) is 1. The zero-order valence-electron chi connectivity index (χ0n) is 10.1. The molecule has 0 bridgehead atoms. The van der Waals surface area contributed by atoms with Crippen LogP contribution in [0.3, 0.4) is 0 Å². The quantitative estimate of drug-likeness (QED) is 0.859. The number of carbonyl (C=O) groups is 1. The molecule has 2 rings (SSSR count). The van der Waals surface area contributed by atoms with Crippen LogP contribution in [0, 0.1) is 0 Å². The summed E-state index contributed by atoms with van der Waals surface area (Å²) < 4.78 is 4.70. The number of hydrogen-bond donors (Lipinski definition) is 1. The molecule has 2 heterocycles. The van der Waals surface area contributed by atoms with E-state index in [9.17, 15) is 4.79 Å². The van der Waals surface area contributed by atoms with Gasteiger partial charge < -0.3 is 14.7 Å². The first-order valence-electron chi connectivity index (χ1n) is 5.35. The summed E-state index contributed by atoms with van der Waals surface area (Å²) in [5.41, 5.74) is 1.08. The third-order valence-corrected chi connectivity index (χ3v) is 2.23. The third kappa shape index (κ3) is 2.82. The Hall–Kier alpha value is -2.44. The molecule has 0 spiro atoms. The SMILES string of the molecule is CN(C)C(=O)c1ccc(NCc2ccon2)nn1. The van der Waals surface area contributed by atoms with Gasteiger partial charge in [0.2, 0.25) is 0 Å². The fraction of sp³-hybridized carbons (Fsp3) is 0.273. The lowest BCUT2D eigenvalue weighted by Gasteiger charge is -2.09. The highest BCUT2D eigenvalue weighted by Crippen LogP contribution is 2.05. The van der Waals surface area contributed by atoms with E-state index in [0.717, 1.165) is 5.69 Å². The van der Waals surface area contributed by atoms with Crippen LogP contribution in [-0.2, 0) is 6.54 Å². The van der Waals surface area contributed by atoms with Crippen LogP contribution in [0.1, 0.15) is 16.2 Å². The van der Waals surface area contributed by atoms with Crippen molar-refractivity contribution in [2.24, 2.45) is 0 Å². The van der Waals surface area contributed by atoms with Crippen molar-refractivity contribution < 1.29 is 9.32 Å². The van der Waals surface area contributed by atoms with Gasteiger partial charge in [-0.1, -0.05) is 5.16 Å². The van der Waals surface area contributed by atoms with Crippen LogP contribution in [0.25, 0.3) is 0 Å². The molecule has 7 nitrogen and oxygen atoms in total. The summed E-state index contributed by atoms with van der Waals surface area (Å²) in [6.07, 6.45) is 1.50. The fourth-order valence-electron chi connectivity index (χ4n) is 1.28. The van der Waals surface area contributed by atoms with Gasteiger partial charge in [-0.3, -0.25) is 4.79 Å². The monoisotopic (exact) mass is 247 g/mol. The lowest BCUT2D eigenvalue weighted by atomic mass is 10.3. The predicted molar refractivity (Wildman–Crippen MR) is 63.9 cm³/mol. The number of anilines is 1. The number of hydrogen-bond acceptors (Lipinski definition) is 6. The summed E-state index contributed by atoms with van der Waals surface area (Å²) in [5, 5.41) is 14.5. The first-order chi connectivity index (χ1) is 8.66. The minimum absolute atomic E-state index is 0.175. The molecule has 0 radical (unpaired) electrons. The Bertz CT molecular complexity index is 507. The van der Waals surface area contributed by atoms with Gasteiger partial charge in [0, 0.05) is 20.2 Å². The molecule has 0 aliphatic heterocycles. The van der Waals surface area contributed by atoms with E-state index in [2.05, 4.69) is 20.7 Å².